The molecule has 0 fully saturated rings. The zero-order valence-corrected chi connectivity index (χ0v) is 8.08. The second-order valence-electron chi connectivity index (χ2n) is 2.42. The van der Waals surface area contributed by atoms with Crippen molar-refractivity contribution >= 4 is 17.3 Å². The first kappa shape index (κ1) is 9.94. The summed E-state index contributed by atoms with van der Waals surface area (Å²) in [7, 11) is 0. The topological polar surface area (TPSA) is 83.5 Å². The molecule has 0 aliphatic rings. The van der Waals surface area contributed by atoms with E-state index < -0.39 is 0 Å². The highest BCUT2D eigenvalue weighted by Gasteiger charge is 2.10. The van der Waals surface area contributed by atoms with Crippen molar-refractivity contribution in [3.05, 3.63) is 16.6 Å². The minimum absolute atomic E-state index is 0.0158. The number of nitrogens with zero attached hydrogens (tertiary/aromatic N) is 2. The molecule has 1 aromatic rings. The van der Waals surface area contributed by atoms with E-state index in [2.05, 4.69) is 9.98 Å². The molecule has 0 aliphatic carbocycles. The Labute approximate surface area is 80.3 Å². The second kappa shape index (κ2) is 4.78. The molecule has 1 atom stereocenters. The van der Waals surface area contributed by atoms with Gasteiger partial charge >= 0.3 is 0 Å². The van der Waals surface area contributed by atoms with Crippen LogP contribution < -0.4 is 11.2 Å². The second-order valence-corrected chi connectivity index (χ2v) is 3.35. The third-order valence-electron chi connectivity index (χ3n) is 1.53. The molecule has 1 unspecified atom stereocenters. The Morgan fingerprint density at radius 2 is 2.69 bits per heavy atom. The average Bonchev–Trinajstić information content (AvgIpc) is 2.66. The summed E-state index contributed by atoms with van der Waals surface area (Å²) in [5.41, 5.74) is 7.12. The Balaban J connectivity index is 2.75. The summed E-state index contributed by atoms with van der Waals surface area (Å²) in [4.78, 5) is 8.16. The molecule has 1 heterocycles. The van der Waals surface area contributed by atoms with E-state index in [-0.39, 0.29) is 12.0 Å². The molecule has 13 heavy (non-hydrogen) atoms. The molecule has 1 aromatic heterocycles. The van der Waals surface area contributed by atoms with Gasteiger partial charge in [0.1, 0.15) is 11.0 Å². The maximum atomic E-state index is 8.45. The molecule has 5 nitrogen and oxygen atoms in total. The van der Waals surface area contributed by atoms with Crippen LogP contribution in [0.3, 0.4) is 0 Å². The molecular formula is C7H12N4OS. The summed E-state index contributed by atoms with van der Waals surface area (Å²) in [5, 5.41) is 11.2. The number of guanidine groups is 1. The summed E-state index contributed by atoms with van der Waals surface area (Å²) in [6.07, 6.45) is 2.52. The fourth-order valence-corrected chi connectivity index (χ4v) is 1.68. The smallest absolute Gasteiger partial charge is 0.213 e. The molecule has 0 aromatic carbocycles. The molecule has 0 spiro atoms. The summed E-state index contributed by atoms with van der Waals surface area (Å²) in [5.74, 6) is 0.0158. The van der Waals surface area contributed by atoms with Gasteiger partial charge in [0, 0.05) is 11.6 Å². The van der Waals surface area contributed by atoms with Gasteiger partial charge in [0.15, 0.2) is 0 Å². The maximum Gasteiger partial charge on any atom is 0.213 e. The van der Waals surface area contributed by atoms with E-state index in [0.29, 0.717) is 0 Å². The van der Waals surface area contributed by atoms with Gasteiger partial charge < -0.3 is 5.73 Å². The van der Waals surface area contributed by atoms with Crippen LogP contribution in [-0.2, 0) is 0 Å². The lowest BCUT2D eigenvalue weighted by molar-refractivity contribution is 0.232. The zero-order chi connectivity index (χ0) is 9.68. The fraction of sp³-hybridized carbons (Fsp3) is 0.429. The van der Waals surface area contributed by atoms with Crippen molar-refractivity contribution in [2.45, 2.75) is 19.4 Å². The van der Waals surface area contributed by atoms with Crippen molar-refractivity contribution in [2.75, 3.05) is 0 Å². The number of nitrogens with two attached hydrogens (primary N) is 1. The molecule has 72 valence electrons. The van der Waals surface area contributed by atoms with Gasteiger partial charge in [-0.2, -0.15) is 0 Å². The molecule has 0 radical (unpaired) electrons. The quantitative estimate of drug-likeness (QED) is 0.384. The normalized spacial score (nSPS) is 14.2. The van der Waals surface area contributed by atoms with Crippen LogP contribution in [0.2, 0.25) is 0 Å². The first-order valence-electron chi connectivity index (χ1n) is 3.90. The third-order valence-corrected chi connectivity index (χ3v) is 2.41. The van der Waals surface area contributed by atoms with E-state index in [1.54, 1.807) is 11.7 Å². The van der Waals surface area contributed by atoms with E-state index >= 15 is 0 Å². The van der Waals surface area contributed by atoms with Gasteiger partial charge in [0.2, 0.25) is 5.96 Å². The number of nitrogens with one attached hydrogen (secondary N) is 1. The summed E-state index contributed by atoms with van der Waals surface area (Å²) in [6, 6.07) is -0.0698. The van der Waals surface area contributed by atoms with Crippen LogP contribution in [-0.4, -0.2) is 16.2 Å². The van der Waals surface area contributed by atoms with Crippen molar-refractivity contribution in [1.82, 2.24) is 10.5 Å². The monoisotopic (exact) mass is 200 g/mol. The first-order chi connectivity index (χ1) is 6.27. The van der Waals surface area contributed by atoms with E-state index in [0.717, 1.165) is 11.4 Å². The number of hydrogen-bond acceptors (Lipinski definition) is 4. The number of thiazole rings is 1. The van der Waals surface area contributed by atoms with Gasteiger partial charge in [-0.1, -0.05) is 6.92 Å². The molecule has 1 rings (SSSR count). The number of rotatable bonds is 3. The summed E-state index contributed by atoms with van der Waals surface area (Å²) < 4.78 is 0. The number of aromatic nitrogens is 1. The fourth-order valence-electron chi connectivity index (χ4n) is 0.917. The Hall–Kier alpha value is -1.14. The highest BCUT2D eigenvalue weighted by Crippen LogP contribution is 2.22. The Bertz CT molecular complexity index is 272. The SMILES string of the molecule is CCC(N=C(N)NO)c1nccs1. The van der Waals surface area contributed by atoms with Gasteiger partial charge in [-0.15, -0.1) is 11.3 Å². The average molecular weight is 200 g/mol. The van der Waals surface area contributed by atoms with E-state index in [1.807, 2.05) is 12.3 Å². The highest BCUT2D eigenvalue weighted by atomic mass is 32.1. The van der Waals surface area contributed by atoms with Crippen molar-refractivity contribution < 1.29 is 5.21 Å². The van der Waals surface area contributed by atoms with E-state index in [1.165, 1.54) is 11.3 Å². The first-order valence-corrected chi connectivity index (χ1v) is 4.78. The highest BCUT2D eigenvalue weighted by molar-refractivity contribution is 7.09. The van der Waals surface area contributed by atoms with Crippen LogP contribution in [0.15, 0.2) is 16.6 Å². The van der Waals surface area contributed by atoms with Gasteiger partial charge in [-0.25, -0.2) is 15.5 Å². The van der Waals surface area contributed by atoms with Crippen LogP contribution in [0.1, 0.15) is 24.4 Å². The largest absolute Gasteiger partial charge is 0.368 e. The van der Waals surface area contributed by atoms with Crippen LogP contribution in [0.5, 0.6) is 0 Å². The lowest BCUT2D eigenvalue weighted by Gasteiger charge is -2.06. The third kappa shape index (κ3) is 2.67. The molecule has 0 saturated carbocycles. The standard InChI is InChI=1S/C7H12N4OS/c1-2-5(10-7(8)11-12)6-9-3-4-13-6/h3-5,12H,2H2,1H3,(H3,8,10,11). The molecule has 6 heteroatoms. The van der Waals surface area contributed by atoms with Crippen molar-refractivity contribution in [2.24, 2.45) is 10.7 Å². The lowest BCUT2D eigenvalue weighted by Crippen LogP contribution is -2.29. The maximum absolute atomic E-state index is 8.45. The number of hydrogen-bond donors (Lipinski definition) is 3. The van der Waals surface area contributed by atoms with Gasteiger partial charge in [0.25, 0.3) is 0 Å². The van der Waals surface area contributed by atoms with Gasteiger partial charge in [0.05, 0.1) is 0 Å². The van der Waals surface area contributed by atoms with Gasteiger partial charge in [-0.3, -0.25) is 5.21 Å². The van der Waals surface area contributed by atoms with E-state index in [4.69, 9.17) is 10.9 Å². The Morgan fingerprint density at radius 1 is 1.92 bits per heavy atom. The predicted octanol–water partition coefficient (Wildman–Crippen LogP) is 0.888. The van der Waals surface area contributed by atoms with E-state index in [9.17, 15) is 0 Å². The van der Waals surface area contributed by atoms with Crippen LogP contribution in [0.4, 0.5) is 0 Å². The zero-order valence-electron chi connectivity index (χ0n) is 7.27. The van der Waals surface area contributed by atoms with Crippen LogP contribution >= 0.6 is 11.3 Å². The van der Waals surface area contributed by atoms with Crippen molar-refractivity contribution in [3.63, 3.8) is 0 Å². The molecule has 0 bridgehead atoms. The van der Waals surface area contributed by atoms with Crippen LogP contribution in [0.25, 0.3) is 0 Å². The van der Waals surface area contributed by atoms with Crippen LogP contribution in [0, 0.1) is 0 Å². The number of hydroxylamine groups is 1. The molecule has 0 saturated heterocycles. The van der Waals surface area contributed by atoms with Crippen molar-refractivity contribution in [1.29, 1.82) is 0 Å². The lowest BCUT2D eigenvalue weighted by atomic mass is 10.2. The summed E-state index contributed by atoms with van der Waals surface area (Å²) >= 11 is 1.52. The molecular weight excluding hydrogens is 188 g/mol. The molecule has 4 N–H and O–H groups in total. The Morgan fingerprint density at radius 3 is 3.15 bits per heavy atom. The Kier molecular flexibility index (Phi) is 3.66. The minimum atomic E-state index is -0.0698. The predicted molar refractivity (Wildman–Crippen MR) is 51.7 cm³/mol. The molecule has 0 aliphatic heterocycles. The molecule has 0 amide bonds. The minimum Gasteiger partial charge on any atom is -0.368 e. The summed E-state index contributed by atoms with van der Waals surface area (Å²) in [6.45, 7) is 1.99. The van der Waals surface area contributed by atoms with Gasteiger partial charge in [-0.05, 0) is 6.42 Å². The van der Waals surface area contributed by atoms with Crippen molar-refractivity contribution in [3.8, 4) is 0 Å². The number of aliphatic imine (C=N–C) groups is 1.